The molecule has 2 atom stereocenters. The van der Waals surface area contributed by atoms with Crippen LogP contribution in [0.5, 0.6) is 0 Å². The Morgan fingerprint density at radius 1 is 1.60 bits per heavy atom. The molecule has 0 bridgehead atoms. The molecule has 52 valence electrons. The molecule has 0 aliphatic heterocycles. The molecule has 0 saturated heterocycles. The van der Waals surface area contributed by atoms with Gasteiger partial charge in [0.25, 0.3) is 0 Å². The van der Waals surface area contributed by atoms with Gasteiger partial charge in [-0.2, -0.15) is 0 Å². The molecule has 0 heterocycles. The van der Waals surface area contributed by atoms with Crippen LogP contribution < -0.4 is 0 Å². The van der Waals surface area contributed by atoms with Crippen molar-refractivity contribution in [2.75, 3.05) is 0 Å². The molecular weight excluding hydrogens is 120 g/mol. The molecule has 0 nitrogen and oxygen atoms in total. The minimum absolute atomic E-state index is 0.264. The van der Waals surface area contributed by atoms with Crippen LogP contribution in [0.2, 0.25) is 0 Å². The molecular formula is C10H12. The third-order valence-electron chi connectivity index (χ3n) is 2.99. The van der Waals surface area contributed by atoms with Gasteiger partial charge in [-0.3, -0.25) is 0 Å². The van der Waals surface area contributed by atoms with Crippen molar-refractivity contribution in [1.29, 1.82) is 0 Å². The number of hydrogen-bond acceptors (Lipinski definition) is 0. The van der Waals surface area contributed by atoms with Crippen molar-refractivity contribution < 1.29 is 0 Å². The number of rotatable bonds is 0. The number of terminal acetylenes is 1. The van der Waals surface area contributed by atoms with Crippen molar-refractivity contribution in [2.24, 2.45) is 11.3 Å². The summed E-state index contributed by atoms with van der Waals surface area (Å²) in [4.78, 5) is 0. The van der Waals surface area contributed by atoms with Crippen molar-refractivity contribution in [3.8, 4) is 12.3 Å². The fourth-order valence-electron chi connectivity index (χ4n) is 2.31. The van der Waals surface area contributed by atoms with Gasteiger partial charge in [-0.25, -0.2) is 0 Å². The second-order valence-corrected chi connectivity index (χ2v) is 3.43. The summed E-state index contributed by atoms with van der Waals surface area (Å²) < 4.78 is 0. The van der Waals surface area contributed by atoms with E-state index >= 15 is 0 Å². The van der Waals surface area contributed by atoms with E-state index in [1.54, 1.807) is 0 Å². The lowest BCUT2D eigenvalue weighted by Crippen LogP contribution is -2.16. The van der Waals surface area contributed by atoms with Gasteiger partial charge in [-0.15, -0.1) is 6.42 Å². The molecule has 0 N–H and O–H groups in total. The average molecular weight is 132 g/mol. The quantitative estimate of drug-likeness (QED) is 0.350. The van der Waals surface area contributed by atoms with E-state index in [1.165, 1.54) is 19.3 Å². The standard InChI is InChI=1S/C10H12/c1-2-10-7-3-5-9(10)6-4-8-10/h1,3,5,9H,4,6-8H2. The third-order valence-corrected chi connectivity index (χ3v) is 2.99. The topological polar surface area (TPSA) is 0 Å². The van der Waals surface area contributed by atoms with E-state index in [4.69, 9.17) is 6.42 Å². The van der Waals surface area contributed by atoms with E-state index in [2.05, 4.69) is 18.1 Å². The Hall–Kier alpha value is -0.700. The van der Waals surface area contributed by atoms with Crippen LogP contribution in [-0.4, -0.2) is 0 Å². The Bertz CT molecular complexity index is 207. The summed E-state index contributed by atoms with van der Waals surface area (Å²) in [7, 11) is 0. The van der Waals surface area contributed by atoms with Crippen molar-refractivity contribution >= 4 is 0 Å². The summed E-state index contributed by atoms with van der Waals surface area (Å²) in [5.74, 6) is 3.70. The van der Waals surface area contributed by atoms with E-state index in [9.17, 15) is 0 Å². The molecule has 0 aromatic rings. The highest BCUT2D eigenvalue weighted by Crippen LogP contribution is 2.49. The second-order valence-electron chi connectivity index (χ2n) is 3.43. The van der Waals surface area contributed by atoms with Crippen molar-refractivity contribution in [1.82, 2.24) is 0 Å². The van der Waals surface area contributed by atoms with Crippen LogP contribution in [0.1, 0.15) is 25.7 Å². The van der Waals surface area contributed by atoms with Gasteiger partial charge in [0.05, 0.1) is 0 Å². The van der Waals surface area contributed by atoms with Crippen LogP contribution in [0.4, 0.5) is 0 Å². The summed E-state index contributed by atoms with van der Waals surface area (Å²) in [6.45, 7) is 0. The molecule has 0 aromatic carbocycles. The molecule has 10 heavy (non-hydrogen) atoms. The van der Waals surface area contributed by atoms with Gasteiger partial charge in [0, 0.05) is 5.41 Å². The predicted octanol–water partition coefficient (Wildman–Crippen LogP) is 2.37. The first kappa shape index (κ1) is 6.04. The van der Waals surface area contributed by atoms with Crippen LogP contribution >= 0.6 is 0 Å². The van der Waals surface area contributed by atoms with Crippen LogP contribution in [0, 0.1) is 23.7 Å². The van der Waals surface area contributed by atoms with E-state index in [-0.39, 0.29) is 5.41 Å². The van der Waals surface area contributed by atoms with E-state index in [0.717, 1.165) is 12.3 Å². The summed E-state index contributed by atoms with van der Waals surface area (Å²) in [6.07, 6.45) is 15.1. The highest BCUT2D eigenvalue weighted by atomic mass is 14.4. The van der Waals surface area contributed by atoms with Crippen molar-refractivity contribution in [3.63, 3.8) is 0 Å². The first-order valence-corrected chi connectivity index (χ1v) is 4.02. The first-order valence-electron chi connectivity index (χ1n) is 4.02. The zero-order chi connectivity index (χ0) is 7.03. The highest BCUT2D eigenvalue weighted by Gasteiger charge is 2.41. The molecule has 0 amide bonds. The van der Waals surface area contributed by atoms with Gasteiger partial charge in [0.15, 0.2) is 0 Å². The molecule has 2 aliphatic carbocycles. The lowest BCUT2D eigenvalue weighted by atomic mass is 9.81. The van der Waals surface area contributed by atoms with Gasteiger partial charge in [0.1, 0.15) is 0 Å². The first-order chi connectivity index (χ1) is 4.87. The number of fused-ring (bicyclic) bond motifs is 1. The number of hydrogen-bond donors (Lipinski definition) is 0. The van der Waals surface area contributed by atoms with Crippen molar-refractivity contribution in [3.05, 3.63) is 12.2 Å². The maximum absolute atomic E-state index is 5.52. The second kappa shape index (κ2) is 1.89. The average Bonchev–Trinajstić information content (AvgIpc) is 2.42. The molecule has 0 aromatic heterocycles. The number of allylic oxidation sites excluding steroid dienone is 2. The van der Waals surface area contributed by atoms with Crippen molar-refractivity contribution in [2.45, 2.75) is 25.7 Å². The van der Waals surface area contributed by atoms with Crippen LogP contribution in [-0.2, 0) is 0 Å². The van der Waals surface area contributed by atoms with E-state index in [0.29, 0.717) is 0 Å². The fourth-order valence-corrected chi connectivity index (χ4v) is 2.31. The Morgan fingerprint density at radius 3 is 3.20 bits per heavy atom. The summed E-state index contributed by atoms with van der Waals surface area (Å²) in [6, 6.07) is 0. The summed E-state index contributed by atoms with van der Waals surface area (Å²) in [5, 5.41) is 0. The Labute approximate surface area is 62.3 Å². The molecule has 0 heteroatoms. The largest absolute Gasteiger partial charge is 0.119 e. The molecule has 1 fully saturated rings. The third kappa shape index (κ3) is 0.583. The van der Waals surface area contributed by atoms with Gasteiger partial charge in [0.2, 0.25) is 0 Å². The molecule has 2 aliphatic rings. The van der Waals surface area contributed by atoms with Crippen LogP contribution in [0.25, 0.3) is 0 Å². The van der Waals surface area contributed by atoms with Gasteiger partial charge in [-0.05, 0) is 25.2 Å². The van der Waals surface area contributed by atoms with Crippen LogP contribution in [0.15, 0.2) is 12.2 Å². The zero-order valence-corrected chi connectivity index (χ0v) is 6.14. The Balaban J connectivity index is 2.31. The van der Waals surface area contributed by atoms with Gasteiger partial charge >= 0.3 is 0 Å². The fraction of sp³-hybridized carbons (Fsp3) is 0.600. The van der Waals surface area contributed by atoms with Gasteiger partial charge in [-0.1, -0.05) is 24.5 Å². The Morgan fingerprint density at radius 2 is 2.50 bits per heavy atom. The molecule has 1 saturated carbocycles. The minimum Gasteiger partial charge on any atom is -0.119 e. The van der Waals surface area contributed by atoms with E-state index < -0.39 is 0 Å². The molecule has 2 unspecified atom stereocenters. The maximum Gasteiger partial charge on any atom is 0.0408 e. The summed E-state index contributed by atoms with van der Waals surface area (Å²) >= 11 is 0. The zero-order valence-electron chi connectivity index (χ0n) is 6.14. The molecule has 2 rings (SSSR count). The van der Waals surface area contributed by atoms with E-state index in [1.807, 2.05) is 0 Å². The lowest BCUT2D eigenvalue weighted by molar-refractivity contribution is 0.372. The lowest BCUT2D eigenvalue weighted by Gasteiger charge is -2.21. The smallest absolute Gasteiger partial charge is 0.0408 e. The summed E-state index contributed by atoms with van der Waals surface area (Å²) in [5.41, 5.74) is 0.264. The predicted molar refractivity (Wildman–Crippen MR) is 42.4 cm³/mol. The van der Waals surface area contributed by atoms with Crippen LogP contribution in [0.3, 0.4) is 0 Å². The molecule has 0 radical (unpaired) electrons. The highest BCUT2D eigenvalue weighted by molar-refractivity contribution is 5.22. The minimum atomic E-state index is 0.264. The maximum atomic E-state index is 5.52. The SMILES string of the molecule is C#CC12CC=CC1CCC2. The van der Waals surface area contributed by atoms with Gasteiger partial charge < -0.3 is 0 Å². The Kier molecular flexibility index (Phi) is 1.14. The molecule has 0 spiro atoms. The monoisotopic (exact) mass is 132 g/mol. The normalized spacial score (nSPS) is 43.3.